The molecule has 0 saturated carbocycles. The van der Waals surface area contributed by atoms with Crippen LogP contribution in [0.5, 0.6) is 0 Å². The fourth-order valence-electron chi connectivity index (χ4n) is 10.3. The summed E-state index contributed by atoms with van der Waals surface area (Å²) >= 11 is 13.6. The Morgan fingerprint density at radius 2 is 0.742 bits per heavy atom. The van der Waals surface area contributed by atoms with Gasteiger partial charge in [-0.15, -0.1) is 18.4 Å². The normalized spacial score (nSPS) is 9.88. The smallest absolute Gasteiger partial charge is 1.00 e. The van der Waals surface area contributed by atoms with Gasteiger partial charge in [-0.2, -0.15) is 0 Å². The van der Waals surface area contributed by atoms with Crippen molar-refractivity contribution in [1.29, 1.82) is 0 Å². The molecule has 1 heterocycles. The maximum absolute atomic E-state index is 11.6. The van der Waals surface area contributed by atoms with E-state index in [0.29, 0.717) is 36.5 Å². The number of hydrogen-bond donors (Lipinski definition) is 4. The van der Waals surface area contributed by atoms with Crippen molar-refractivity contribution in [2.75, 3.05) is 19.8 Å². The largest absolute Gasteiger partial charge is 1.00 e. The van der Waals surface area contributed by atoms with Gasteiger partial charge in [0, 0.05) is 76.6 Å². The summed E-state index contributed by atoms with van der Waals surface area (Å²) in [5.74, 6) is 19.3. The number of carbonyl (C=O) groups excluding carboxylic acids is 3. The number of esters is 3. The van der Waals surface area contributed by atoms with Gasteiger partial charge < -0.3 is 45.1 Å². The predicted octanol–water partition coefficient (Wildman–Crippen LogP) is 19.1. The van der Waals surface area contributed by atoms with Gasteiger partial charge in [0.1, 0.15) is 8.07 Å². The van der Waals surface area contributed by atoms with Crippen LogP contribution in [0.3, 0.4) is 0 Å². The van der Waals surface area contributed by atoms with Crippen molar-refractivity contribution in [3.05, 3.63) is 366 Å². The van der Waals surface area contributed by atoms with E-state index >= 15 is 0 Å². The van der Waals surface area contributed by atoms with E-state index in [1.807, 2.05) is 129 Å². The maximum Gasteiger partial charge on any atom is 1.00 e. The van der Waals surface area contributed by atoms with Crippen LogP contribution in [0.4, 0.5) is 0 Å². The molecule has 0 fully saturated rings. The topological polar surface area (TPSA) is 204 Å². The van der Waals surface area contributed by atoms with Crippen molar-refractivity contribution in [3.8, 4) is 59.8 Å². The molecule has 0 amide bonds. The molecule has 0 unspecified atom stereocenters. The van der Waals surface area contributed by atoms with Gasteiger partial charge in [0.05, 0.1) is 74.8 Å². The number of halogens is 4. The van der Waals surface area contributed by atoms with Gasteiger partial charge in [-0.3, -0.25) is 0 Å². The monoisotopic (exact) mass is 1960 g/mol. The Balaban J connectivity index is 0.000000732. The molecular formula is C102H112AlBr4LiN2O12Si2. The van der Waals surface area contributed by atoms with Gasteiger partial charge in [-0.25, -0.2) is 24.2 Å². The quantitative estimate of drug-likeness (QED) is 0.0234. The molecule has 0 atom stereocenters. The summed E-state index contributed by atoms with van der Waals surface area (Å²) in [7, 11) is -2.49. The summed E-state index contributed by atoms with van der Waals surface area (Å²) in [5, 5.41) is 36.5. The first-order chi connectivity index (χ1) is 58.0. The van der Waals surface area contributed by atoms with Gasteiger partial charge in [0.15, 0.2) is 25.7 Å². The fourth-order valence-corrected chi connectivity index (χ4v) is 13.0. The molecule has 11 rings (SSSR count). The van der Waals surface area contributed by atoms with Crippen molar-refractivity contribution < 1.29 is 78.5 Å². The van der Waals surface area contributed by atoms with E-state index in [4.69, 9.17) is 51.9 Å². The van der Waals surface area contributed by atoms with Crippen LogP contribution in [0.2, 0.25) is 39.3 Å². The van der Waals surface area contributed by atoms with Crippen LogP contribution < -0.4 is 18.9 Å². The van der Waals surface area contributed by atoms with Crippen molar-refractivity contribution in [2.24, 2.45) is 0 Å². The van der Waals surface area contributed by atoms with E-state index in [-0.39, 0.29) is 80.9 Å². The molecule has 4 N–H and O–H groups in total. The summed E-state index contributed by atoms with van der Waals surface area (Å²) in [5.41, 5.74) is 25.3. The average molecular weight is 1970 g/mol. The summed E-state index contributed by atoms with van der Waals surface area (Å²) in [6, 6.07) is 62.0. The molecule has 11 aromatic rings. The number of carboxylic acids is 1. The first-order valence-electron chi connectivity index (χ1n) is 39.2. The zero-order valence-corrected chi connectivity index (χ0v) is 81.6. The number of aliphatic hydroxyl groups is 3. The number of aryl methyl sites for hydroxylation is 7. The summed E-state index contributed by atoms with van der Waals surface area (Å²) in [6.45, 7) is 35.4. The third-order valence-corrected chi connectivity index (χ3v) is 21.4. The number of aromatic carboxylic acids is 1. The van der Waals surface area contributed by atoms with Crippen molar-refractivity contribution in [3.63, 3.8) is 0 Å². The van der Waals surface area contributed by atoms with E-state index < -0.39 is 22.4 Å². The molecule has 0 radical (unpaired) electrons. The first kappa shape index (κ1) is 110. The molecule has 22 heteroatoms. The predicted molar refractivity (Wildman–Crippen MR) is 524 cm³/mol. The molecule has 14 nitrogen and oxygen atoms in total. The SMILES string of the molecule is C#C[Si](C)(C)C.C#Cc1ccc(CO)c(C)c1.CCOC(=O)c1ccc(Br)cc1C.CCOC(=O)c1ccc(C#Cc2ccc(CBr)c(C)c2)cc1.CCOC(=O)c1ccc(C#Cc2ccc(CO)c(C)c2)cc1.Cc1cc(Br)ccc1CO.Cc1cc(Br)ccc1CO[Si](C)(C)C.Cc1cc(C#Cc2ccc(C(=O)O)cc2)ccc1Cn1ccnc1.[AlH3].[H-].[Li+]. The van der Waals surface area contributed by atoms with Crippen molar-refractivity contribution in [1.82, 2.24) is 9.55 Å². The Bertz CT molecular complexity index is 5430. The number of carbonyl (C=O) groups is 4. The standard InChI is InChI=1S/C20H16N2O2.C19H17BrO2.C19H18O3.C11H17BrOSi.C10H11BrO2.C10H10O.C8H9BrO.C5H10Si.Al.Li.4H/c1-15-12-17(6-9-19(15)13-22-11-10-21-14-22)3-2-16-4-7-18(8-5-16)20(23)24;2*1-3-22-19(21)17-9-6-15(7-10-17)4-5-16-8-11-18(13-20)14(2)12-16;1-9-7-11(12)6-5-10(9)8-13-14(2,3)4;1-3-13-10(12)9-5-4-8(11)6-7(9)2;1-3-9-4-5-10(7-11)8(2)6-9;1-6-4-8(9)3-2-7(6)5-10;1-5-6(2,3)4;;;;;;/h4-12,14H,13H2,1H3,(H,23,24);6-12H,3,13H2,1-2H3;6-12,20H,3,13H2,1-2H3;5-7H,8H2,1-4H3;4-6H,3H2,1-2H3;1,4-6,11H,7H2,2H3;2-4,10H,5H2,1H3;1H,2-4H3;;;;;;/q;;;;;;;;;+1;;;;-1. The van der Waals surface area contributed by atoms with Gasteiger partial charge >= 0.3 is 42.7 Å². The average Bonchev–Trinajstić information content (AvgIpc) is 1.77. The second kappa shape index (κ2) is 58.6. The fraction of sp³-hybridized carbons (Fsp3) is 0.245. The number of rotatable bonds is 16. The Kier molecular flexibility index (Phi) is 52.2. The first-order valence-corrected chi connectivity index (χ1v) is 49.6. The van der Waals surface area contributed by atoms with Crippen LogP contribution in [-0.4, -0.2) is 107 Å². The third-order valence-electron chi connectivity index (χ3n) is 17.5. The van der Waals surface area contributed by atoms with Crippen LogP contribution in [-0.2, 0) is 56.9 Å². The second-order valence-electron chi connectivity index (χ2n) is 29.4. The maximum atomic E-state index is 11.6. The van der Waals surface area contributed by atoms with Gasteiger partial charge in [0.25, 0.3) is 0 Å². The molecule has 0 bridgehead atoms. The molecule has 0 spiro atoms. The minimum Gasteiger partial charge on any atom is -1.00 e. The second-order valence-corrected chi connectivity index (χ2v) is 42.0. The molecule has 0 aliphatic carbocycles. The molecular weight excluding hydrogens is 1850 g/mol. The van der Waals surface area contributed by atoms with Gasteiger partial charge in [0.2, 0.25) is 0 Å². The van der Waals surface area contributed by atoms with Gasteiger partial charge in [-0.1, -0.05) is 161 Å². The van der Waals surface area contributed by atoms with Crippen molar-refractivity contribution in [2.45, 2.75) is 147 Å². The van der Waals surface area contributed by atoms with E-state index in [1.165, 1.54) is 33.4 Å². The minimum absolute atomic E-state index is 0. The van der Waals surface area contributed by atoms with Crippen LogP contribution in [0.1, 0.15) is 175 Å². The molecule has 1 aromatic heterocycles. The number of benzene rings is 10. The van der Waals surface area contributed by atoms with Crippen LogP contribution in [0.25, 0.3) is 0 Å². The number of carboxylic acid groups (broad SMARTS) is 1. The number of hydrogen-bond acceptors (Lipinski definition) is 12. The van der Waals surface area contributed by atoms with Crippen molar-refractivity contribution >= 4 is 121 Å². The van der Waals surface area contributed by atoms with E-state index in [1.54, 1.807) is 100 Å². The van der Waals surface area contributed by atoms with Crippen LogP contribution in [0.15, 0.2) is 232 Å². The third kappa shape index (κ3) is 42.4. The van der Waals surface area contributed by atoms with E-state index in [9.17, 15) is 19.2 Å². The minimum atomic E-state index is -1.39. The molecule has 124 heavy (non-hydrogen) atoms. The van der Waals surface area contributed by atoms with Crippen LogP contribution >= 0.6 is 63.7 Å². The number of imidazole rings is 1. The zero-order chi connectivity index (χ0) is 90.5. The number of aliphatic hydroxyl groups excluding tert-OH is 3. The Labute approximate surface area is 794 Å². The molecule has 0 saturated heterocycles. The Hall–Kier alpha value is -9.59. The summed E-state index contributed by atoms with van der Waals surface area (Å²) in [4.78, 5) is 49.3. The van der Waals surface area contributed by atoms with E-state index in [2.05, 4.69) is 218 Å². The van der Waals surface area contributed by atoms with E-state index in [0.717, 1.165) is 110 Å². The Morgan fingerprint density at radius 3 is 1.06 bits per heavy atom. The number of nitrogens with zero attached hydrogens (tertiary/aromatic N) is 2. The number of alkyl halides is 1. The molecule has 0 aliphatic rings. The molecule has 10 aromatic carbocycles. The van der Waals surface area contributed by atoms with Crippen LogP contribution in [0, 0.1) is 108 Å². The Morgan fingerprint density at radius 1 is 0.427 bits per heavy atom. The number of aromatic nitrogens is 2. The summed E-state index contributed by atoms with van der Waals surface area (Å²) in [6.07, 6.45) is 15.8. The zero-order valence-electron chi connectivity index (χ0n) is 74.3. The van der Waals surface area contributed by atoms with Gasteiger partial charge in [-0.05, 0) is 325 Å². The summed E-state index contributed by atoms with van der Waals surface area (Å²) < 4.78 is 25.8. The number of ether oxygens (including phenoxy) is 3. The molecule has 0 aliphatic heterocycles. The molecule has 642 valence electrons. The number of terminal acetylenes is 2.